The normalized spacial score (nSPS) is 11.0. The summed E-state index contributed by atoms with van der Waals surface area (Å²) in [5.74, 6) is 0. The Balaban J connectivity index is 1.76. The Morgan fingerprint density at radius 3 is 2.79 bits per heavy atom. The van der Waals surface area contributed by atoms with Crippen LogP contribution in [0.3, 0.4) is 0 Å². The maximum absolute atomic E-state index is 4.89. The van der Waals surface area contributed by atoms with Crippen molar-refractivity contribution >= 4 is 22.1 Å². The molecule has 0 amide bonds. The van der Waals surface area contributed by atoms with Gasteiger partial charge in [-0.3, -0.25) is 4.98 Å². The lowest BCUT2D eigenvalue weighted by Crippen LogP contribution is -1.89. The van der Waals surface area contributed by atoms with E-state index < -0.39 is 0 Å². The first kappa shape index (κ1) is 15.0. The van der Waals surface area contributed by atoms with Crippen LogP contribution in [0.15, 0.2) is 66.2 Å². The van der Waals surface area contributed by atoms with Gasteiger partial charge >= 0.3 is 0 Å². The second-order valence-corrected chi connectivity index (χ2v) is 6.71. The van der Waals surface area contributed by atoms with Gasteiger partial charge in [-0.2, -0.15) is 0 Å². The Kier molecular flexibility index (Phi) is 4.09. The van der Waals surface area contributed by atoms with Gasteiger partial charge in [-0.05, 0) is 29.3 Å². The van der Waals surface area contributed by atoms with E-state index in [4.69, 9.17) is 4.98 Å². The van der Waals surface area contributed by atoms with E-state index >= 15 is 0 Å². The molecule has 0 aliphatic carbocycles. The molecule has 2 nitrogen and oxygen atoms in total. The van der Waals surface area contributed by atoms with Gasteiger partial charge in [-0.15, -0.1) is 11.3 Å². The van der Waals surface area contributed by atoms with Gasteiger partial charge in [0.15, 0.2) is 0 Å². The van der Waals surface area contributed by atoms with E-state index in [1.807, 2.05) is 12.3 Å². The van der Waals surface area contributed by atoms with Crippen molar-refractivity contribution in [1.82, 2.24) is 9.97 Å². The lowest BCUT2D eigenvalue weighted by Gasteiger charge is -2.04. The fraction of sp³-hybridized carbons (Fsp3) is 0.143. The average Bonchev–Trinajstić information content (AvgIpc) is 3.12. The molecule has 4 rings (SSSR count). The Bertz CT molecular complexity index is 982. The lowest BCUT2D eigenvalue weighted by molar-refractivity contribution is 0.883. The number of fused-ring (bicyclic) bond motifs is 1. The largest absolute Gasteiger partial charge is 0.261 e. The molecule has 2 aromatic carbocycles. The third kappa shape index (κ3) is 2.83. The minimum atomic E-state index is 1.01. The molecule has 24 heavy (non-hydrogen) atoms. The van der Waals surface area contributed by atoms with Crippen molar-refractivity contribution in [3.8, 4) is 21.8 Å². The van der Waals surface area contributed by atoms with Gasteiger partial charge in [0.2, 0.25) is 0 Å². The minimum absolute atomic E-state index is 1.01. The summed E-state index contributed by atoms with van der Waals surface area (Å²) in [5, 5.41) is 5.70. The smallest absolute Gasteiger partial charge is 0.124 e. The topological polar surface area (TPSA) is 25.8 Å². The van der Waals surface area contributed by atoms with Crippen LogP contribution in [0, 0.1) is 0 Å². The molecule has 4 aromatic rings. The molecule has 118 valence electrons. The molecule has 0 fully saturated rings. The molecular formula is C21H18N2S. The highest BCUT2D eigenvalue weighted by Gasteiger charge is 2.10. The van der Waals surface area contributed by atoms with Crippen molar-refractivity contribution in [3.05, 3.63) is 71.9 Å². The first-order valence-electron chi connectivity index (χ1n) is 8.24. The zero-order valence-corrected chi connectivity index (χ0v) is 14.4. The van der Waals surface area contributed by atoms with Crippen LogP contribution >= 0.6 is 11.3 Å². The van der Waals surface area contributed by atoms with Crippen molar-refractivity contribution in [2.45, 2.75) is 19.8 Å². The quantitative estimate of drug-likeness (QED) is 0.460. The highest BCUT2D eigenvalue weighted by atomic mass is 32.1. The number of aromatic nitrogens is 2. The summed E-state index contributed by atoms with van der Waals surface area (Å²) in [6, 6.07) is 19.1. The number of rotatable bonds is 4. The molecule has 0 saturated carbocycles. The number of hydrogen-bond acceptors (Lipinski definition) is 3. The molecule has 3 heteroatoms. The zero-order chi connectivity index (χ0) is 16.4. The minimum Gasteiger partial charge on any atom is -0.261 e. The van der Waals surface area contributed by atoms with E-state index in [0.717, 1.165) is 34.8 Å². The maximum Gasteiger partial charge on any atom is 0.124 e. The molecular weight excluding hydrogens is 312 g/mol. The van der Waals surface area contributed by atoms with Crippen LogP contribution < -0.4 is 0 Å². The first-order valence-corrected chi connectivity index (χ1v) is 9.12. The third-order valence-electron chi connectivity index (χ3n) is 4.14. The van der Waals surface area contributed by atoms with Crippen molar-refractivity contribution in [1.29, 1.82) is 0 Å². The van der Waals surface area contributed by atoms with Gasteiger partial charge < -0.3 is 0 Å². The molecule has 0 bridgehead atoms. The summed E-state index contributed by atoms with van der Waals surface area (Å²) in [6.45, 7) is 2.18. The molecule has 0 aliphatic rings. The van der Waals surface area contributed by atoms with Crippen LogP contribution in [-0.4, -0.2) is 9.97 Å². The molecule has 0 radical (unpaired) electrons. The van der Waals surface area contributed by atoms with Crippen LogP contribution in [-0.2, 0) is 6.42 Å². The molecule has 0 unspecified atom stereocenters. The predicted octanol–water partition coefficient (Wildman–Crippen LogP) is 5.98. The summed E-state index contributed by atoms with van der Waals surface area (Å²) in [7, 11) is 0. The highest BCUT2D eigenvalue weighted by Crippen LogP contribution is 2.32. The molecule has 0 spiro atoms. The summed E-state index contributed by atoms with van der Waals surface area (Å²) >= 11 is 1.69. The monoisotopic (exact) mass is 330 g/mol. The zero-order valence-electron chi connectivity index (χ0n) is 13.6. The molecule has 2 aromatic heterocycles. The Morgan fingerprint density at radius 2 is 1.88 bits per heavy atom. The van der Waals surface area contributed by atoms with Crippen LogP contribution in [0.25, 0.3) is 32.6 Å². The molecule has 0 atom stereocenters. The number of nitrogens with zero attached hydrogens (tertiary/aromatic N) is 2. The maximum atomic E-state index is 4.89. The average molecular weight is 330 g/mol. The van der Waals surface area contributed by atoms with Gasteiger partial charge in [-0.1, -0.05) is 55.8 Å². The van der Waals surface area contributed by atoms with Gasteiger partial charge in [0.05, 0.1) is 5.69 Å². The molecule has 0 N–H and O–H groups in total. The number of pyridine rings is 1. The second-order valence-electron chi connectivity index (χ2n) is 5.85. The van der Waals surface area contributed by atoms with Crippen LogP contribution in [0.2, 0.25) is 0 Å². The van der Waals surface area contributed by atoms with E-state index in [9.17, 15) is 0 Å². The van der Waals surface area contributed by atoms with Crippen molar-refractivity contribution in [3.63, 3.8) is 0 Å². The Hall–Kier alpha value is -2.52. The molecule has 0 saturated heterocycles. The van der Waals surface area contributed by atoms with Gasteiger partial charge in [0, 0.05) is 28.4 Å². The van der Waals surface area contributed by atoms with Crippen LogP contribution in [0.1, 0.15) is 19.0 Å². The SMILES string of the molecule is CCCc1cc(-c2nc(-c3cccc4ccccc34)cs2)ccn1. The lowest BCUT2D eigenvalue weighted by atomic mass is 10.0. The van der Waals surface area contributed by atoms with Crippen molar-refractivity contribution in [2.24, 2.45) is 0 Å². The van der Waals surface area contributed by atoms with Gasteiger partial charge in [-0.25, -0.2) is 4.98 Å². The van der Waals surface area contributed by atoms with E-state index in [1.165, 1.54) is 16.3 Å². The summed E-state index contributed by atoms with van der Waals surface area (Å²) in [6.07, 6.45) is 4.00. The first-order chi connectivity index (χ1) is 11.8. The molecule has 2 heterocycles. The Labute approximate surface area is 145 Å². The van der Waals surface area contributed by atoms with Crippen LogP contribution in [0.4, 0.5) is 0 Å². The van der Waals surface area contributed by atoms with Crippen molar-refractivity contribution < 1.29 is 0 Å². The van der Waals surface area contributed by atoms with Crippen molar-refractivity contribution in [2.75, 3.05) is 0 Å². The summed E-state index contributed by atoms with van der Waals surface area (Å²) in [5.41, 5.74) is 4.53. The number of aryl methyl sites for hydroxylation is 1. The van der Waals surface area contributed by atoms with E-state index in [-0.39, 0.29) is 0 Å². The standard InChI is InChI=1S/C21H18N2S/c1-2-6-17-13-16(11-12-22-17)21-23-20(14-24-21)19-10-5-8-15-7-3-4-9-18(15)19/h3-5,7-14H,2,6H2,1H3. The van der Waals surface area contributed by atoms with E-state index in [2.05, 4.69) is 65.8 Å². The van der Waals surface area contributed by atoms with Gasteiger partial charge in [0.1, 0.15) is 5.01 Å². The molecule has 0 aliphatic heterocycles. The number of hydrogen-bond donors (Lipinski definition) is 0. The number of benzene rings is 2. The third-order valence-corrected chi connectivity index (χ3v) is 5.03. The Morgan fingerprint density at radius 1 is 1.00 bits per heavy atom. The predicted molar refractivity (Wildman–Crippen MR) is 102 cm³/mol. The van der Waals surface area contributed by atoms with Gasteiger partial charge in [0.25, 0.3) is 0 Å². The number of thiazole rings is 1. The van der Waals surface area contributed by atoms with Crippen LogP contribution in [0.5, 0.6) is 0 Å². The van der Waals surface area contributed by atoms with E-state index in [1.54, 1.807) is 11.3 Å². The summed E-state index contributed by atoms with van der Waals surface area (Å²) < 4.78 is 0. The fourth-order valence-corrected chi connectivity index (χ4v) is 3.80. The summed E-state index contributed by atoms with van der Waals surface area (Å²) in [4.78, 5) is 9.33. The second kappa shape index (κ2) is 6.54. The highest BCUT2D eigenvalue weighted by molar-refractivity contribution is 7.13. The van der Waals surface area contributed by atoms with E-state index in [0.29, 0.717) is 0 Å². The fourth-order valence-electron chi connectivity index (χ4n) is 2.98.